The lowest BCUT2D eigenvalue weighted by molar-refractivity contribution is -0.113. The molecule has 0 aliphatic carbocycles. The second-order valence-electron chi connectivity index (χ2n) is 7.11. The van der Waals surface area contributed by atoms with Crippen molar-refractivity contribution in [2.24, 2.45) is 5.92 Å². The summed E-state index contributed by atoms with van der Waals surface area (Å²) < 4.78 is 13.0. The Bertz CT molecular complexity index is 882. The van der Waals surface area contributed by atoms with Gasteiger partial charge in [-0.05, 0) is 67.6 Å². The van der Waals surface area contributed by atoms with Crippen LogP contribution in [0.3, 0.4) is 0 Å². The maximum Gasteiger partial charge on any atom is 0.141 e. The zero-order chi connectivity index (χ0) is 17.9. The fourth-order valence-corrected chi connectivity index (χ4v) is 3.90. The van der Waals surface area contributed by atoms with E-state index in [1.165, 1.54) is 17.7 Å². The molecule has 0 saturated carbocycles. The van der Waals surface area contributed by atoms with Crippen LogP contribution in [0, 0.1) is 11.7 Å². The van der Waals surface area contributed by atoms with Crippen LogP contribution in [0.25, 0.3) is 10.9 Å². The lowest BCUT2D eigenvalue weighted by atomic mass is 9.89. The molecule has 3 aromatic rings. The number of H-pyrrole nitrogens is 1. The zero-order valence-corrected chi connectivity index (χ0v) is 14.6. The van der Waals surface area contributed by atoms with Crippen molar-refractivity contribution in [2.75, 3.05) is 13.1 Å². The first-order chi connectivity index (χ1) is 12.7. The summed E-state index contributed by atoms with van der Waals surface area (Å²) in [4.78, 5) is 14.0. The molecule has 1 N–H and O–H groups in total. The predicted octanol–water partition coefficient (Wildman–Crippen LogP) is 3.90. The van der Waals surface area contributed by atoms with E-state index in [2.05, 4.69) is 15.1 Å². The van der Waals surface area contributed by atoms with Crippen molar-refractivity contribution in [1.29, 1.82) is 0 Å². The van der Waals surface area contributed by atoms with E-state index < -0.39 is 0 Å². The minimum absolute atomic E-state index is 0.188. The number of fused-ring (bicyclic) bond motifs is 1. The van der Waals surface area contributed by atoms with Gasteiger partial charge in [0.05, 0.1) is 17.8 Å². The van der Waals surface area contributed by atoms with Gasteiger partial charge in [0.15, 0.2) is 0 Å². The Morgan fingerprint density at radius 3 is 2.69 bits per heavy atom. The topological polar surface area (TPSA) is 49.0 Å². The van der Waals surface area contributed by atoms with Gasteiger partial charge in [-0.25, -0.2) is 4.39 Å². The van der Waals surface area contributed by atoms with E-state index in [1.54, 1.807) is 6.20 Å². The summed E-state index contributed by atoms with van der Waals surface area (Å²) in [7, 11) is 0. The molecule has 0 amide bonds. The molecule has 4 nitrogen and oxygen atoms in total. The van der Waals surface area contributed by atoms with Gasteiger partial charge in [0.2, 0.25) is 0 Å². The molecule has 1 aliphatic rings. The molecule has 1 saturated heterocycles. The Balaban J connectivity index is 1.40. The average Bonchev–Trinajstić information content (AvgIpc) is 3.13. The maximum atomic E-state index is 13.0. The zero-order valence-electron chi connectivity index (χ0n) is 14.6. The number of aldehydes is 1. The third-order valence-corrected chi connectivity index (χ3v) is 5.42. The molecule has 1 aliphatic heterocycles. The van der Waals surface area contributed by atoms with Crippen molar-refractivity contribution in [2.45, 2.75) is 25.3 Å². The number of hydrogen-bond donors (Lipinski definition) is 1. The van der Waals surface area contributed by atoms with E-state index in [9.17, 15) is 9.18 Å². The fraction of sp³-hybridized carbons (Fsp3) is 0.333. The smallest absolute Gasteiger partial charge is 0.141 e. The van der Waals surface area contributed by atoms with Crippen LogP contribution in [-0.4, -0.2) is 34.5 Å². The summed E-state index contributed by atoms with van der Waals surface area (Å²) in [5.74, 6) is 0.394. The Morgan fingerprint density at radius 2 is 1.96 bits per heavy atom. The number of halogens is 1. The largest absolute Gasteiger partial charge is 0.301 e. The van der Waals surface area contributed by atoms with E-state index >= 15 is 0 Å². The number of benzene rings is 2. The Morgan fingerprint density at radius 1 is 1.19 bits per heavy atom. The molecule has 2 heterocycles. The molecule has 134 valence electrons. The summed E-state index contributed by atoms with van der Waals surface area (Å²) in [6, 6.07) is 12.6. The van der Waals surface area contributed by atoms with Crippen molar-refractivity contribution < 1.29 is 9.18 Å². The number of nitrogens with one attached hydrogen (secondary N) is 1. The molecule has 5 heteroatoms. The number of hydrogen-bond acceptors (Lipinski definition) is 3. The van der Waals surface area contributed by atoms with Gasteiger partial charge in [0.1, 0.15) is 12.1 Å². The van der Waals surface area contributed by atoms with Gasteiger partial charge in [0, 0.05) is 5.39 Å². The standard InChI is InChI=1S/C21H22FN3O/c22-19-5-1-15(2-6-19)11-16-7-9-25(10-8-16)21(14-26)17-3-4-18-13-23-24-20(18)12-17/h1-6,12-14,16,21H,7-11H2,(H,23,24). The first-order valence-corrected chi connectivity index (χ1v) is 9.10. The highest BCUT2D eigenvalue weighted by atomic mass is 19.1. The van der Waals surface area contributed by atoms with Crippen LogP contribution in [0.4, 0.5) is 4.39 Å². The number of likely N-dealkylation sites (tertiary alicyclic amines) is 1. The molecule has 0 radical (unpaired) electrons. The molecular formula is C21H22FN3O. The summed E-state index contributed by atoms with van der Waals surface area (Å²) in [6.07, 6.45) is 5.90. The van der Waals surface area contributed by atoms with Gasteiger partial charge in [-0.2, -0.15) is 5.10 Å². The lowest BCUT2D eigenvalue weighted by Crippen LogP contribution is -2.38. The van der Waals surface area contributed by atoms with Crippen LogP contribution in [-0.2, 0) is 11.2 Å². The average molecular weight is 351 g/mol. The van der Waals surface area contributed by atoms with Crippen molar-refractivity contribution in [3.05, 3.63) is 65.6 Å². The van der Waals surface area contributed by atoms with E-state index in [0.29, 0.717) is 5.92 Å². The molecule has 26 heavy (non-hydrogen) atoms. The third-order valence-electron chi connectivity index (χ3n) is 5.42. The molecular weight excluding hydrogens is 329 g/mol. The van der Waals surface area contributed by atoms with Crippen molar-refractivity contribution >= 4 is 17.2 Å². The monoisotopic (exact) mass is 351 g/mol. The molecule has 1 unspecified atom stereocenters. The minimum atomic E-state index is -0.213. The van der Waals surface area contributed by atoms with Crippen LogP contribution in [0.1, 0.15) is 30.0 Å². The fourth-order valence-electron chi connectivity index (χ4n) is 3.90. The minimum Gasteiger partial charge on any atom is -0.301 e. The van der Waals surface area contributed by atoms with Crippen molar-refractivity contribution in [3.8, 4) is 0 Å². The van der Waals surface area contributed by atoms with E-state index in [4.69, 9.17) is 0 Å². The van der Waals surface area contributed by atoms with Gasteiger partial charge in [-0.15, -0.1) is 0 Å². The number of piperidine rings is 1. The first-order valence-electron chi connectivity index (χ1n) is 9.10. The van der Waals surface area contributed by atoms with Crippen LogP contribution in [0.5, 0.6) is 0 Å². The second kappa shape index (κ2) is 7.38. The quantitative estimate of drug-likeness (QED) is 0.709. The molecule has 1 aromatic heterocycles. The highest BCUT2D eigenvalue weighted by molar-refractivity contribution is 5.79. The summed E-state index contributed by atoms with van der Waals surface area (Å²) in [6.45, 7) is 1.80. The van der Waals surface area contributed by atoms with Crippen LogP contribution in [0.2, 0.25) is 0 Å². The Kier molecular flexibility index (Phi) is 4.80. The van der Waals surface area contributed by atoms with Gasteiger partial charge >= 0.3 is 0 Å². The number of carbonyl (C=O) groups excluding carboxylic acids is 1. The molecule has 0 spiro atoms. The normalized spacial score (nSPS) is 17.4. The van der Waals surface area contributed by atoms with Crippen molar-refractivity contribution in [1.82, 2.24) is 15.1 Å². The number of nitrogens with zero attached hydrogens (tertiary/aromatic N) is 2. The first kappa shape index (κ1) is 16.9. The third kappa shape index (κ3) is 3.53. The molecule has 4 rings (SSSR count). The summed E-state index contributed by atoms with van der Waals surface area (Å²) in [5, 5.41) is 8.07. The molecule has 2 aromatic carbocycles. The molecule has 1 fully saturated rings. The number of aromatic amines is 1. The van der Waals surface area contributed by atoms with E-state index in [-0.39, 0.29) is 11.9 Å². The molecule has 1 atom stereocenters. The summed E-state index contributed by atoms with van der Waals surface area (Å²) >= 11 is 0. The van der Waals surface area contributed by atoms with Gasteiger partial charge < -0.3 is 4.79 Å². The lowest BCUT2D eigenvalue weighted by Gasteiger charge is -2.35. The van der Waals surface area contributed by atoms with Crippen molar-refractivity contribution in [3.63, 3.8) is 0 Å². The highest BCUT2D eigenvalue weighted by Crippen LogP contribution is 2.29. The Hall–Kier alpha value is -2.53. The number of aromatic nitrogens is 2. The van der Waals surface area contributed by atoms with Gasteiger partial charge in [-0.3, -0.25) is 10.00 Å². The summed E-state index contributed by atoms with van der Waals surface area (Å²) in [5.41, 5.74) is 3.15. The van der Waals surface area contributed by atoms with Crippen LogP contribution >= 0.6 is 0 Å². The SMILES string of the molecule is O=CC(c1ccc2cn[nH]c2c1)N1CCC(Cc2ccc(F)cc2)CC1. The Labute approximate surface area is 152 Å². The van der Waals surface area contributed by atoms with Crippen LogP contribution in [0.15, 0.2) is 48.7 Å². The number of rotatable bonds is 5. The van der Waals surface area contributed by atoms with E-state index in [0.717, 1.165) is 55.1 Å². The van der Waals surface area contributed by atoms with Crippen LogP contribution < -0.4 is 0 Å². The van der Waals surface area contributed by atoms with Gasteiger partial charge in [0.25, 0.3) is 0 Å². The highest BCUT2D eigenvalue weighted by Gasteiger charge is 2.26. The maximum absolute atomic E-state index is 13.0. The second-order valence-corrected chi connectivity index (χ2v) is 7.11. The molecule has 0 bridgehead atoms. The number of carbonyl (C=O) groups is 1. The predicted molar refractivity (Wildman–Crippen MR) is 99.3 cm³/mol. The van der Waals surface area contributed by atoms with E-state index in [1.807, 2.05) is 30.3 Å². The van der Waals surface area contributed by atoms with Gasteiger partial charge in [-0.1, -0.05) is 24.3 Å².